The van der Waals surface area contributed by atoms with Gasteiger partial charge in [0.15, 0.2) is 0 Å². The maximum absolute atomic E-state index is 14.2. The minimum atomic E-state index is -0.184. The van der Waals surface area contributed by atoms with Crippen LogP contribution in [0.25, 0.3) is 0 Å². The molecule has 0 heterocycles. The topological polar surface area (TPSA) is 29.3 Å². The maximum atomic E-state index is 14.2. The van der Waals surface area contributed by atoms with Crippen LogP contribution >= 0.6 is 0 Å². The molecule has 0 aliphatic heterocycles. The standard InChI is InChI=1S/C18H27FN2/c1-14(2)11-21(12-15(3)4)13-17-8-7-16(6-5-9-20)10-18(17)19/h7-8,10,14-15H,9,11-13,20H2,1-4H3. The third-order valence-corrected chi connectivity index (χ3v) is 3.03. The van der Waals surface area contributed by atoms with E-state index in [4.69, 9.17) is 5.73 Å². The van der Waals surface area contributed by atoms with Gasteiger partial charge in [0.05, 0.1) is 6.54 Å². The van der Waals surface area contributed by atoms with Crippen molar-refractivity contribution in [2.75, 3.05) is 19.6 Å². The van der Waals surface area contributed by atoms with Gasteiger partial charge in [0.25, 0.3) is 0 Å². The molecule has 0 bridgehead atoms. The Morgan fingerprint density at radius 3 is 2.24 bits per heavy atom. The first-order valence-corrected chi connectivity index (χ1v) is 7.62. The van der Waals surface area contributed by atoms with Crippen molar-refractivity contribution < 1.29 is 4.39 Å². The highest BCUT2D eigenvalue weighted by Gasteiger charge is 2.12. The second kappa shape index (κ2) is 8.81. The third kappa shape index (κ3) is 6.75. The van der Waals surface area contributed by atoms with Gasteiger partial charge in [-0.05, 0) is 24.0 Å². The molecule has 0 atom stereocenters. The van der Waals surface area contributed by atoms with Crippen molar-refractivity contribution in [1.82, 2.24) is 4.90 Å². The van der Waals surface area contributed by atoms with E-state index in [2.05, 4.69) is 44.4 Å². The SMILES string of the molecule is CC(C)CN(Cc1ccc(C#CCN)cc1F)CC(C)C. The fourth-order valence-corrected chi connectivity index (χ4v) is 2.38. The van der Waals surface area contributed by atoms with Gasteiger partial charge < -0.3 is 5.73 Å². The normalized spacial score (nSPS) is 11.1. The third-order valence-electron chi connectivity index (χ3n) is 3.03. The lowest BCUT2D eigenvalue weighted by Crippen LogP contribution is -2.31. The summed E-state index contributed by atoms with van der Waals surface area (Å²) in [5.41, 5.74) is 6.74. The second-order valence-electron chi connectivity index (χ2n) is 6.29. The maximum Gasteiger partial charge on any atom is 0.128 e. The van der Waals surface area contributed by atoms with Gasteiger partial charge in [-0.25, -0.2) is 4.39 Å². The van der Waals surface area contributed by atoms with E-state index in [0.29, 0.717) is 30.5 Å². The summed E-state index contributed by atoms with van der Waals surface area (Å²) < 4.78 is 14.2. The smallest absolute Gasteiger partial charge is 0.128 e. The number of rotatable bonds is 6. The molecule has 0 aliphatic rings. The molecule has 2 nitrogen and oxygen atoms in total. The van der Waals surface area contributed by atoms with E-state index in [1.807, 2.05) is 12.1 Å². The number of nitrogens with two attached hydrogens (primary N) is 1. The van der Waals surface area contributed by atoms with Gasteiger partial charge in [0.2, 0.25) is 0 Å². The minimum Gasteiger partial charge on any atom is -0.320 e. The molecular weight excluding hydrogens is 263 g/mol. The van der Waals surface area contributed by atoms with Crippen LogP contribution < -0.4 is 5.73 Å². The summed E-state index contributed by atoms with van der Waals surface area (Å²) in [7, 11) is 0. The predicted octanol–water partition coefficient (Wildman–Crippen LogP) is 3.25. The van der Waals surface area contributed by atoms with E-state index in [9.17, 15) is 4.39 Å². The molecular formula is C18H27FN2. The van der Waals surface area contributed by atoms with Crippen molar-refractivity contribution in [3.8, 4) is 11.8 Å². The van der Waals surface area contributed by atoms with Gasteiger partial charge in [0, 0.05) is 30.8 Å². The van der Waals surface area contributed by atoms with Crippen LogP contribution in [0.2, 0.25) is 0 Å². The largest absolute Gasteiger partial charge is 0.320 e. The zero-order valence-electron chi connectivity index (χ0n) is 13.6. The molecule has 0 radical (unpaired) electrons. The highest BCUT2D eigenvalue weighted by molar-refractivity contribution is 5.37. The molecule has 116 valence electrons. The number of halogens is 1. The van der Waals surface area contributed by atoms with Crippen LogP contribution in [0.15, 0.2) is 18.2 Å². The first kappa shape index (κ1) is 17.7. The first-order chi connectivity index (χ1) is 9.92. The molecule has 0 unspecified atom stereocenters. The lowest BCUT2D eigenvalue weighted by Gasteiger charge is -2.26. The molecule has 21 heavy (non-hydrogen) atoms. The highest BCUT2D eigenvalue weighted by atomic mass is 19.1. The molecule has 0 saturated carbocycles. The summed E-state index contributed by atoms with van der Waals surface area (Å²) in [6, 6.07) is 5.20. The van der Waals surface area contributed by atoms with Crippen molar-refractivity contribution >= 4 is 0 Å². The summed E-state index contributed by atoms with van der Waals surface area (Å²) in [5, 5.41) is 0. The molecule has 3 heteroatoms. The van der Waals surface area contributed by atoms with Crippen LogP contribution in [0, 0.1) is 29.5 Å². The summed E-state index contributed by atoms with van der Waals surface area (Å²) in [6.07, 6.45) is 0. The molecule has 0 amide bonds. The van der Waals surface area contributed by atoms with Gasteiger partial charge in [-0.2, -0.15) is 0 Å². The lowest BCUT2D eigenvalue weighted by atomic mass is 10.1. The number of benzene rings is 1. The van der Waals surface area contributed by atoms with Crippen LogP contribution in [-0.2, 0) is 6.54 Å². The molecule has 1 aromatic carbocycles. The average molecular weight is 290 g/mol. The number of nitrogens with zero attached hydrogens (tertiary/aromatic N) is 1. The van der Waals surface area contributed by atoms with E-state index in [1.165, 1.54) is 6.07 Å². The Hall–Kier alpha value is -1.37. The molecule has 0 aliphatic carbocycles. The Morgan fingerprint density at radius 2 is 1.76 bits per heavy atom. The van der Waals surface area contributed by atoms with Crippen molar-refractivity contribution in [3.05, 3.63) is 35.1 Å². The van der Waals surface area contributed by atoms with E-state index in [0.717, 1.165) is 18.7 Å². The van der Waals surface area contributed by atoms with Crippen LogP contribution in [0.5, 0.6) is 0 Å². The molecule has 0 aromatic heterocycles. The van der Waals surface area contributed by atoms with E-state index in [-0.39, 0.29) is 5.82 Å². The average Bonchev–Trinajstić information content (AvgIpc) is 2.37. The molecule has 0 spiro atoms. The van der Waals surface area contributed by atoms with Crippen molar-refractivity contribution in [3.63, 3.8) is 0 Å². The first-order valence-electron chi connectivity index (χ1n) is 7.62. The Morgan fingerprint density at radius 1 is 1.14 bits per heavy atom. The quantitative estimate of drug-likeness (QED) is 0.815. The highest BCUT2D eigenvalue weighted by Crippen LogP contribution is 2.15. The molecule has 1 rings (SSSR count). The Kier molecular flexibility index (Phi) is 7.42. The summed E-state index contributed by atoms with van der Waals surface area (Å²) >= 11 is 0. The molecule has 0 saturated heterocycles. The summed E-state index contributed by atoms with van der Waals surface area (Å²) in [4.78, 5) is 2.32. The van der Waals surface area contributed by atoms with Crippen molar-refractivity contribution in [1.29, 1.82) is 0 Å². The molecule has 1 aromatic rings. The predicted molar refractivity (Wildman–Crippen MR) is 87.3 cm³/mol. The Bertz CT molecular complexity index is 488. The fraction of sp³-hybridized carbons (Fsp3) is 0.556. The van der Waals surface area contributed by atoms with E-state index < -0.39 is 0 Å². The second-order valence-corrected chi connectivity index (χ2v) is 6.29. The molecule has 0 fully saturated rings. The zero-order valence-corrected chi connectivity index (χ0v) is 13.6. The van der Waals surface area contributed by atoms with Crippen LogP contribution in [0.1, 0.15) is 38.8 Å². The van der Waals surface area contributed by atoms with Crippen LogP contribution in [0.4, 0.5) is 4.39 Å². The van der Waals surface area contributed by atoms with Crippen molar-refractivity contribution in [2.45, 2.75) is 34.2 Å². The lowest BCUT2D eigenvalue weighted by molar-refractivity contribution is 0.209. The van der Waals surface area contributed by atoms with Gasteiger partial charge in [0.1, 0.15) is 5.82 Å². The summed E-state index contributed by atoms with van der Waals surface area (Å²) in [6.45, 7) is 11.7. The molecule has 2 N–H and O–H groups in total. The van der Waals surface area contributed by atoms with Gasteiger partial charge >= 0.3 is 0 Å². The number of hydrogen-bond donors (Lipinski definition) is 1. The zero-order chi connectivity index (χ0) is 15.8. The van der Waals surface area contributed by atoms with Gasteiger partial charge in [-0.15, -0.1) is 0 Å². The Labute approximate surface area is 128 Å². The number of hydrogen-bond acceptors (Lipinski definition) is 2. The van der Waals surface area contributed by atoms with Crippen LogP contribution in [0.3, 0.4) is 0 Å². The van der Waals surface area contributed by atoms with Gasteiger partial charge in [-0.1, -0.05) is 45.6 Å². The van der Waals surface area contributed by atoms with Gasteiger partial charge in [-0.3, -0.25) is 4.90 Å². The minimum absolute atomic E-state index is 0.184. The Balaban J connectivity index is 2.83. The van der Waals surface area contributed by atoms with Crippen molar-refractivity contribution in [2.24, 2.45) is 17.6 Å². The monoisotopic (exact) mass is 290 g/mol. The summed E-state index contributed by atoms with van der Waals surface area (Å²) in [5.74, 6) is 6.56. The fourth-order valence-electron chi connectivity index (χ4n) is 2.38. The van der Waals surface area contributed by atoms with Crippen LogP contribution in [-0.4, -0.2) is 24.5 Å². The van der Waals surface area contributed by atoms with E-state index >= 15 is 0 Å². The van der Waals surface area contributed by atoms with E-state index in [1.54, 1.807) is 0 Å².